The standard InChI is InChI=1S/C12H15ClN2O/c13-10-5-4-9(6-11(10)14)12(16)15-7-8-2-1-3-8/h4-6,8H,1-3,7,14H2,(H,15,16). The van der Waals surface area contributed by atoms with E-state index in [1.54, 1.807) is 18.2 Å². The summed E-state index contributed by atoms with van der Waals surface area (Å²) in [7, 11) is 0. The molecule has 0 spiro atoms. The predicted molar refractivity (Wildman–Crippen MR) is 65.5 cm³/mol. The number of anilines is 1. The molecule has 1 amide bonds. The molecule has 3 N–H and O–H groups in total. The summed E-state index contributed by atoms with van der Waals surface area (Å²) in [4.78, 5) is 11.7. The van der Waals surface area contributed by atoms with Gasteiger partial charge in [-0.1, -0.05) is 18.0 Å². The number of nitrogens with one attached hydrogen (secondary N) is 1. The molecule has 0 atom stereocenters. The molecule has 1 aromatic rings. The van der Waals surface area contributed by atoms with Gasteiger partial charge in [0.1, 0.15) is 0 Å². The lowest BCUT2D eigenvalue weighted by Gasteiger charge is -2.25. The minimum absolute atomic E-state index is 0.0738. The first-order valence-electron chi connectivity index (χ1n) is 5.50. The smallest absolute Gasteiger partial charge is 0.251 e. The van der Waals surface area contributed by atoms with E-state index >= 15 is 0 Å². The van der Waals surface area contributed by atoms with Gasteiger partial charge in [-0.15, -0.1) is 0 Å². The Balaban J connectivity index is 1.94. The summed E-state index contributed by atoms with van der Waals surface area (Å²) in [6, 6.07) is 4.95. The normalized spacial score (nSPS) is 15.6. The number of nitrogens with two attached hydrogens (primary N) is 1. The van der Waals surface area contributed by atoms with Gasteiger partial charge in [-0.05, 0) is 37.0 Å². The van der Waals surface area contributed by atoms with Crippen molar-refractivity contribution in [3.8, 4) is 0 Å². The van der Waals surface area contributed by atoms with E-state index in [2.05, 4.69) is 5.32 Å². The highest BCUT2D eigenvalue weighted by Gasteiger charge is 2.18. The van der Waals surface area contributed by atoms with Gasteiger partial charge < -0.3 is 11.1 Å². The number of benzene rings is 1. The predicted octanol–water partition coefficient (Wildman–Crippen LogP) is 2.45. The summed E-state index contributed by atoms with van der Waals surface area (Å²) >= 11 is 5.79. The largest absolute Gasteiger partial charge is 0.398 e. The molecule has 16 heavy (non-hydrogen) atoms. The van der Waals surface area contributed by atoms with Crippen molar-refractivity contribution in [1.82, 2.24) is 5.32 Å². The van der Waals surface area contributed by atoms with Gasteiger partial charge in [-0.25, -0.2) is 0 Å². The van der Waals surface area contributed by atoms with Crippen LogP contribution in [0.25, 0.3) is 0 Å². The van der Waals surface area contributed by atoms with Crippen LogP contribution in [0.5, 0.6) is 0 Å². The average molecular weight is 239 g/mol. The monoisotopic (exact) mass is 238 g/mol. The number of hydrogen-bond donors (Lipinski definition) is 2. The van der Waals surface area contributed by atoms with Crippen LogP contribution in [0.3, 0.4) is 0 Å². The van der Waals surface area contributed by atoms with Gasteiger partial charge in [0.05, 0.1) is 10.7 Å². The van der Waals surface area contributed by atoms with Crippen LogP contribution >= 0.6 is 11.6 Å². The van der Waals surface area contributed by atoms with Crippen molar-refractivity contribution < 1.29 is 4.79 Å². The fourth-order valence-electron chi connectivity index (χ4n) is 1.72. The van der Waals surface area contributed by atoms with Crippen molar-refractivity contribution in [2.45, 2.75) is 19.3 Å². The molecule has 0 radical (unpaired) electrons. The molecule has 2 rings (SSSR count). The van der Waals surface area contributed by atoms with Gasteiger partial charge in [0.2, 0.25) is 0 Å². The molecule has 1 aliphatic carbocycles. The number of hydrogen-bond acceptors (Lipinski definition) is 2. The fourth-order valence-corrected chi connectivity index (χ4v) is 1.84. The SMILES string of the molecule is Nc1cc(C(=O)NCC2CCC2)ccc1Cl. The molecule has 1 aliphatic rings. The Hall–Kier alpha value is -1.22. The molecule has 1 aromatic carbocycles. The van der Waals surface area contributed by atoms with E-state index in [0.717, 1.165) is 6.54 Å². The van der Waals surface area contributed by atoms with Gasteiger partial charge in [-0.3, -0.25) is 4.79 Å². The van der Waals surface area contributed by atoms with Crippen LogP contribution in [0.15, 0.2) is 18.2 Å². The summed E-state index contributed by atoms with van der Waals surface area (Å²) in [5.41, 5.74) is 6.65. The highest BCUT2D eigenvalue weighted by atomic mass is 35.5. The van der Waals surface area contributed by atoms with Crippen molar-refractivity contribution in [2.75, 3.05) is 12.3 Å². The molecule has 0 bridgehead atoms. The lowest BCUT2D eigenvalue weighted by molar-refractivity contribution is 0.0939. The zero-order valence-corrected chi connectivity index (χ0v) is 9.76. The number of rotatable bonds is 3. The second-order valence-electron chi connectivity index (χ2n) is 4.24. The number of amides is 1. The third-order valence-electron chi connectivity index (χ3n) is 3.03. The number of carbonyl (C=O) groups excluding carboxylic acids is 1. The van der Waals surface area contributed by atoms with Crippen molar-refractivity contribution in [3.05, 3.63) is 28.8 Å². The fraction of sp³-hybridized carbons (Fsp3) is 0.417. The van der Waals surface area contributed by atoms with E-state index in [-0.39, 0.29) is 5.91 Å². The van der Waals surface area contributed by atoms with E-state index in [0.29, 0.717) is 22.2 Å². The van der Waals surface area contributed by atoms with Gasteiger partial charge in [-0.2, -0.15) is 0 Å². The molecule has 4 heteroatoms. The Bertz CT molecular complexity index is 402. The lowest BCUT2D eigenvalue weighted by atomic mass is 9.85. The highest BCUT2D eigenvalue weighted by molar-refractivity contribution is 6.33. The minimum Gasteiger partial charge on any atom is -0.398 e. The van der Waals surface area contributed by atoms with E-state index in [1.807, 2.05) is 0 Å². The van der Waals surface area contributed by atoms with E-state index < -0.39 is 0 Å². The summed E-state index contributed by atoms with van der Waals surface area (Å²) in [6.45, 7) is 0.765. The summed E-state index contributed by atoms with van der Waals surface area (Å²) in [5, 5.41) is 3.39. The molecule has 86 valence electrons. The molecule has 0 aromatic heterocycles. The maximum absolute atomic E-state index is 11.7. The second kappa shape index (κ2) is 4.74. The topological polar surface area (TPSA) is 55.1 Å². The maximum atomic E-state index is 11.7. The second-order valence-corrected chi connectivity index (χ2v) is 4.65. The van der Waals surface area contributed by atoms with Crippen LogP contribution in [0.2, 0.25) is 5.02 Å². The summed E-state index contributed by atoms with van der Waals surface area (Å²) in [6.07, 6.45) is 3.74. The Labute approximate surface area is 100.0 Å². The van der Waals surface area contributed by atoms with Crippen LogP contribution in [-0.4, -0.2) is 12.5 Å². The molecule has 0 unspecified atom stereocenters. The molecule has 0 saturated heterocycles. The Morgan fingerprint density at radius 1 is 1.50 bits per heavy atom. The Morgan fingerprint density at radius 3 is 2.81 bits per heavy atom. The third-order valence-corrected chi connectivity index (χ3v) is 3.38. The van der Waals surface area contributed by atoms with Crippen LogP contribution in [0, 0.1) is 5.92 Å². The molecule has 1 saturated carbocycles. The average Bonchev–Trinajstić information content (AvgIpc) is 2.19. The molecular weight excluding hydrogens is 224 g/mol. The third kappa shape index (κ3) is 2.47. The molecule has 3 nitrogen and oxygen atoms in total. The van der Waals surface area contributed by atoms with Gasteiger partial charge in [0.25, 0.3) is 5.91 Å². The first-order valence-corrected chi connectivity index (χ1v) is 5.88. The van der Waals surface area contributed by atoms with Crippen molar-refractivity contribution in [2.24, 2.45) is 5.92 Å². The minimum atomic E-state index is -0.0738. The summed E-state index contributed by atoms with van der Waals surface area (Å²) < 4.78 is 0. The van der Waals surface area contributed by atoms with Crippen molar-refractivity contribution in [3.63, 3.8) is 0 Å². The number of halogens is 1. The van der Waals surface area contributed by atoms with Crippen LogP contribution in [0.1, 0.15) is 29.6 Å². The van der Waals surface area contributed by atoms with Gasteiger partial charge in [0.15, 0.2) is 0 Å². The number of nitrogen functional groups attached to an aromatic ring is 1. The molecule has 1 fully saturated rings. The van der Waals surface area contributed by atoms with Gasteiger partial charge >= 0.3 is 0 Å². The Kier molecular flexibility index (Phi) is 3.34. The Morgan fingerprint density at radius 2 is 2.25 bits per heavy atom. The molecule has 0 aliphatic heterocycles. The van der Waals surface area contributed by atoms with Crippen LogP contribution < -0.4 is 11.1 Å². The first kappa shape index (κ1) is 11.3. The lowest BCUT2D eigenvalue weighted by Crippen LogP contribution is -2.32. The first-order chi connectivity index (χ1) is 7.66. The van der Waals surface area contributed by atoms with E-state index in [1.165, 1.54) is 19.3 Å². The highest BCUT2D eigenvalue weighted by Crippen LogP contribution is 2.25. The molecule has 0 heterocycles. The molecular formula is C12H15ClN2O. The van der Waals surface area contributed by atoms with Crippen molar-refractivity contribution >= 4 is 23.2 Å². The zero-order chi connectivity index (χ0) is 11.5. The van der Waals surface area contributed by atoms with Gasteiger partial charge in [0, 0.05) is 12.1 Å². The van der Waals surface area contributed by atoms with E-state index in [4.69, 9.17) is 17.3 Å². The van der Waals surface area contributed by atoms with E-state index in [9.17, 15) is 4.79 Å². The quantitative estimate of drug-likeness (QED) is 0.795. The summed E-state index contributed by atoms with van der Waals surface area (Å²) in [5.74, 6) is 0.587. The number of carbonyl (C=O) groups is 1. The van der Waals surface area contributed by atoms with Crippen LogP contribution in [-0.2, 0) is 0 Å². The maximum Gasteiger partial charge on any atom is 0.251 e. The zero-order valence-electron chi connectivity index (χ0n) is 9.00. The van der Waals surface area contributed by atoms with Crippen LogP contribution in [0.4, 0.5) is 5.69 Å². The van der Waals surface area contributed by atoms with Crippen molar-refractivity contribution in [1.29, 1.82) is 0 Å².